The Balaban J connectivity index is 2.19. The smallest absolute Gasteiger partial charge is 0.312 e. The number of rotatable bonds is 7. The minimum atomic E-state index is -0.589. The zero-order valence-corrected chi connectivity index (χ0v) is 15.5. The molecule has 0 aromatic heterocycles. The van der Waals surface area contributed by atoms with Crippen LogP contribution in [-0.2, 0) is 25.5 Å². The Morgan fingerprint density at radius 3 is 2.68 bits per heavy atom. The first kappa shape index (κ1) is 19.3. The molecule has 1 aliphatic heterocycles. The lowest BCUT2D eigenvalue weighted by Crippen LogP contribution is -2.36. The maximum Gasteiger partial charge on any atom is 0.312 e. The van der Waals surface area contributed by atoms with E-state index in [1.165, 1.54) is 5.56 Å². The van der Waals surface area contributed by atoms with Gasteiger partial charge in [-0.1, -0.05) is 17.7 Å². The van der Waals surface area contributed by atoms with Crippen molar-refractivity contribution in [3.05, 3.63) is 29.3 Å². The summed E-state index contributed by atoms with van der Waals surface area (Å²) in [5.74, 6) is -0.362. The summed E-state index contributed by atoms with van der Waals surface area (Å²) in [6.07, 6.45) is 2.92. The number of benzene rings is 1. The van der Waals surface area contributed by atoms with Crippen LogP contribution < -0.4 is 5.32 Å². The molecule has 138 valence electrons. The molecule has 1 unspecified atom stereocenters. The Morgan fingerprint density at radius 1 is 1.20 bits per heavy atom. The summed E-state index contributed by atoms with van der Waals surface area (Å²) in [5.41, 5.74) is 2.81. The van der Waals surface area contributed by atoms with Crippen LogP contribution in [0.2, 0.25) is 0 Å². The highest BCUT2D eigenvalue weighted by Gasteiger charge is 2.41. The van der Waals surface area contributed by atoms with E-state index in [4.69, 9.17) is 9.47 Å². The zero-order chi connectivity index (χ0) is 18.3. The third kappa shape index (κ3) is 4.97. The van der Waals surface area contributed by atoms with E-state index < -0.39 is 5.41 Å². The topological polar surface area (TPSA) is 64.6 Å². The van der Waals surface area contributed by atoms with Gasteiger partial charge in [-0.3, -0.25) is 9.59 Å². The lowest BCUT2D eigenvalue weighted by atomic mass is 9.75. The Labute approximate surface area is 150 Å². The largest absolute Gasteiger partial charge is 0.466 e. The molecule has 5 heteroatoms. The van der Waals surface area contributed by atoms with E-state index in [1.807, 2.05) is 6.92 Å². The second-order valence-electron chi connectivity index (χ2n) is 6.67. The summed E-state index contributed by atoms with van der Waals surface area (Å²) in [7, 11) is 0. The maximum atomic E-state index is 12.8. The number of esters is 2. The van der Waals surface area contributed by atoms with Gasteiger partial charge in [0.15, 0.2) is 0 Å². The Bertz CT molecular complexity index is 614. The lowest BCUT2D eigenvalue weighted by molar-refractivity contribution is -0.157. The average molecular weight is 347 g/mol. The molecule has 0 aliphatic carbocycles. The van der Waals surface area contributed by atoms with Crippen molar-refractivity contribution >= 4 is 17.6 Å². The molecule has 0 amide bonds. The van der Waals surface area contributed by atoms with Gasteiger partial charge in [0, 0.05) is 18.7 Å². The quantitative estimate of drug-likeness (QED) is 0.763. The lowest BCUT2D eigenvalue weighted by Gasteiger charge is -2.30. The summed E-state index contributed by atoms with van der Waals surface area (Å²) < 4.78 is 10.4. The van der Waals surface area contributed by atoms with Crippen molar-refractivity contribution in [1.82, 2.24) is 0 Å². The van der Waals surface area contributed by atoms with Gasteiger partial charge in [0.2, 0.25) is 0 Å². The van der Waals surface area contributed by atoms with Crippen LogP contribution in [-0.4, -0.2) is 31.7 Å². The van der Waals surface area contributed by atoms with Crippen molar-refractivity contribution in [2.24, 2.45) is 5.41 Å². The molecule has 25 heavy (non-hydrogen) atoms. The van der Waals surface area contributed by atoms with Gasteiger partial charge in [-0.05, 0) is 58.1 Å². The molecule has 1 aromatic carbocycles. The monoisotopic (exact) mass is 347 g/mol. The molecule has 0 spiro atoms. The standard InChI is InChI=1S/C20H29NO4/c1-4-24-18(22)7-6-10-20(19(23)25-5-2)11-12-21-17-9-8-15(3)13-16(17)14-20/h8-9,13,21H,4-7,10-12,14H2,1-3H3. The van der Waals surface area contributed by atoms with Crippen LogP contribution in [0.3, 0.4) is 0 Å². The van der Waals surface area contributed by atoms with Crippen LogP contribution in [0.15, 0.2) is 18.2 Å². The first-order valence-electron chi connectivity index (χ1n) is 9.17. The third-order valence-electron chi connectivity index (χ3n) is 4.76. The van der Waals surface area contributed by atoms with E-state index in [-0.39, 0.29) is 11.9 Å². The molecule has 1 aliphatic rings. The second-order valence-corrected chi connectivity index (χ2v) is 6.67. The summed E-state index contributed by atoms with van der Waals surface area (Å²) in [4.78, 5) is 24.4. The maximum absolute atomic E-state index is 12.8. The summed E-state index contributed by atoms with van der Waals surface area (Å²) in [6, 6.07) is 6.28. The summed E-state index contributed by atoms with van der Waals surface area (Å²) >= 11 is 0. The molecular weight excluding hydrogens is 318 g/mol. The molecule has 0 fully saturated rings. The van der Waals surface area contributed by atoms with Gasteiger partial charge in [-0.25, -0.2) is 0 Å². The van der Waals surface area contributed by atoms with Crippen LogP contribution >= 0.6 is 0 Å². The number of fused-ring (bicyclic) bond motifs is 1. The number of nitrogens with one attached hydrogen (secondary N) is 1. The first-order valence-corrected chi connectivity index (χ1v) is 9.17. The molecule has 1 atom stereocenters. The second kappa shape index (κ2) is 8.88. The summed E-state index contributed by atoms with van der Waals surface area (Å²) in [5, 5.41) is 3.42. The number of hydrogen-bond donors (Lipinski definition) is 1. The minimum absolute atomic E-state index is 0.157. The average Bonchev–Trinajstić information content (AvgIpc) is 2.75. The van der Waals surface area contributed by atoms with Crippen LogP contribution in [0, 0.1) is 12.3 Å². The Kier molecular flexibility index (Phi) is 6.85. The summed E-state index contributed by atoms with van der Waals surface area (Å²) in [6.45, 7) is 7.16. The van der Waals surface area contributed by atoms with Gasteiger partial charge in [-0.15, -0.1) is 0 Å². The molecular formula is C20H29NO4. The fourth-order valence-electron chi connectivity index (χ4n) is 3.51. The highest BCUT2D eigenvalue weighted by molar-refractivity contribution is 5.78. The van der Waals surface area contributed by atoms with Gasteiger partial charge < -0.3 is 14.8 Å². The van der Waals surface area contributed by atoms with Gasteiger partial charge in [0.05, 0.1) is 18.6 Å². The van der Waals surface area contributed by atoms with E-state index in [0.717, 1.165) is 11.3 Å². The van der Waals surface area contributed by atoms with E-state index >= 15 is 0 Å². The van der Waals surface area contributed by atoms with Crippen molar-refractivity contribution in [2.75, 3.05) is 25.1 Å². The van der Waals surface area contributed by atoms with Crippen molar-refractivity contribution < 1.29 is 19.1 Å². The predicted octanol–water partition coefficient (Wildman–Crippen LogP) is 3.64. The molecule has 0 bridgehead atoms. The van der Waals surface area contributed by atoms with Crippen LogP contribution in [0.1, 0.15) is 50.7 Å². The van der Waals surface area contributed by atoms with E-state index in [2.05, 4.69) is 30.4 Å². The first-order chi connectivity index (χ1) is 12.0. The number of hydrogen-bond acceptors (Lipinski definition) is 5. The van der Waals surface area contributed by atoms with Crippen molar-refractivity contribution in [1.29, 1.82) is 0 Å². The van der Waals surface area contributed by atoms with E-state index in [1.54, 1.807) is 6.92 Å². The van der Waals surface area contributed by atoms with Gasteiger partial charge in [-0.2, -0.15) is 0 Å². The number of carbonyl (C=O) groups excluding carboxylic acids is 2. The Hall–Kier alpha value is -2.04. The number of aryl methyl sites for hydroxylation is 1. The van der Waals surface area contributed by atoms with Gasteiger partial charge >= 0.3 is 11.9 Å². The predicted molar refractivity (Wildman–Crippen MR) is 97.5 cm³/mol. The third-order valence-corrected chi connectivity index (χ3v) is 4.76. The SMILES string of the molecule is CCOC(=O)CCCC1(C(=O)OCC)CCNc2ccc(C)cc2C1. The fraction of sp³-hybridized carbons (Fsp3) is 0.600. The number of anilines is 1. The van der Waals surface area contributed by atoms with Crippen LogP contribution in [0.4, 0.5) is 5.69 Å². The number of ether oxygens (including phenoxy) is 2. The molecule has 0 radical (unpaired) electrons. The van der Waals surface area contributed by atoms with E-state index in [9.17, 15) is 9.59 Å². The zero-order valence-electron chi connectivity index (χ0n) is 15.5. The highest BCUT2D eigenvalue weighted by atomic mass is 16.5. The normalized spacial score (nSPS) is 19.3. The highest BCUT2D eigenvalue weighted by Crippen LogP contribution is 2.39. The molecule has 1 aromatic rings. The van der Waals surface area contributed by atoms with Crippen molar-refractivity contribution in [3.63, 3.8) is 0 Å². The van der Waals surface area contributed by atoms with E-state index in [0.29, 0.717) is 51.9 Å². The van der Waals surface area contributed by atoms with Crippen LogP contribution in [0.5, 0.6) is 0 Å². The molecule has 1 N–H and O–H groups in total. The number of carbonyl (C=O) groups is 2. The van der Waals surface area contributed by atoms with Gasteiger partial charge in [0.25, 0.3) is 0 Å². The molecule has 5 nitrogen and oxygen atoms in total. The molecule has 1 heterocycles. The molecule has 2 rings (SSSR count). The van der Waals surface area contributed by atoms with Gasteiger partial charge in [0.1, 0.15) is 0 Å². The fourth-order valence-corrected chi connectivity index (χ4v) is 3.51. The van der Waals surface area contributed by atoms with Crippen molar-refractivity contribution in [2.45, 2.75) is 52.9 Å². The van der Waals surface area contributed by atoms with Crippen molar-refractivity contribution in [3.8, 4) is 0 Å². The van der Waals surface area contributed by atoms with Crippen LogP contribution in [0.25, 0.3) is 0 Å². The molecule has 0 saturated carbocycles. The minimum Gasteiger partial charge on any atom is -0.466 e. The molecule has 0 saturated heterocycles. The Morgan fingerprint density at radius 2 is 1.96 bits per heavy atom.